The van der Waals surface area contributed by atoms with Crippen molar-refractivity contribution in [2.75, 3.05) is 0 Å². The van der Waals surface area contributed by atoms with Crippen molar-refractivity contribution >= 4 is 5.97 Å². The van der Waals surface area contributed by atoms with Gasteiger partial charge in [-0.05, 0) is 18.8 Å². The van der Waals surface area contributed by atoms with E-state index in [1.54, 1.807) is 0 Å². The molecule has 0 aromatic rings. The molecule has 2 nitrogen and oxygen atoms in total. The van der Waals surface area contributed by atoms with Gasteiger partial charge in [0.05, 0.1) is 0 Å². The molecule has 0 saturated carbocycles. The second-order valence-corrected chi connectivity index (χ2v) is 6.72. The summed E-state index contributed by atoms with van der Waals surface area (Å²) in [6.45, 7) is 8.14. The van der Waals surface area contributed by atoms with Gasteiger partial charge in [0.1, 0.15) is 0 Å². The Bertz CT molecular complexity index is 283. The van der Waals surface area contributed by atoms with Crippen LogP contribution in [0.4, 0.5) is 0 Å². The molecule has 1 N–H and O–H groups in total. The second kappa shape index (κ2) is 15.1. The highest BCUT2D eigenvalue weighted by molar-refractivity contribution is 5.85. The average Bonchev–Trinajstić information content (AvgIpc) is 2.51. The summed E-state index contributed by atoms with van der Waals surface area (Å²) in [6.07, 6.45) is 17.6. The quantitative estimate of drug-likeness (QED) is 0.253. The highest BCUT2D eigenvalue weighted by Crippen LogP contribution is 2.24. The first kappa shape index (κ1) is 21.2. The van der Waals surface area contributed by atoms with E-state index in [0.717, 1.165) is 6.42 Å². The van der Waals surface area contributed by atoms with Gasteiger partial charge < -0.3 is 5.11 Å². The standard InChI is InChI=1S/C20H38O2/c1-4-6-8-9-10-11-12-13-15-19(14-7-5-2)17-16-18(3)20(21)22/h19H,3-17H2,1-2H3,(H,21,22). The van der Waals surface area contributed by atoms with Crippen molar-refractivity contribution in [3.05, 3.63) is 12.2 Å². The minimum absolute atomic E-state index is 0.373. The minimum Gasteiger partial charge on any atom is -0.478 e. The average molecular weight is 311 g/mol. The molecule has 130 valence electrons. The van der Waals surface area contributed by atoms with Gasteiger partial charge in [-0.15, -0.1) is 0 Å². The number of hydrogen-bond donors (Lipinski definition) is 1. The molecule has 0 aromatic carbocycles. The van der Waals surface area contributed by atoms with Crippen LogP contribution in [0.3, 0.4) is 0 Å². The van der Waals surface area contributed by atoms with Crippen LogP contribution in [-0.2, 0) is 4.79 Å². The summed E-state index contributed by atoms with van der Waals surface area (Å²) in [5.41, 5.74) is 0.373. The third kappa shape index (κ3) is 12.9. The number of carboxylic acids is 1. The normalized spacial score (nSPS) is 12.3. The van der Waals surface area contributed by atoms with Gasteiger partial charge in [0.25, 0.3) is 0 Å². The van der Waals surface area contributed by atoms with E-state index in [2.05, 4.69) is 20.4 Å². The number of carboxylic acid groups (broad SMARTS) is 1. The van der Waals surface area contributed by atoms with Gasteiger partial charge in [0.15, 0.2) is 0 Å². The van der Waals surface area contributed by atoms with Crippen LogP contribution in [0.2, 0.25) is 0 Å². The second-order valence-electron chi connectivity index (χ2n) is 6.72. The molecular weight excluding hydrogens is 272 g/mol. The molecule has 0 radical (unpaired) electrons. The van der Waals surface area contributed by atoms with Gasteiger partial charge in [-0.1, -0.05) is 97.5 Å². The van der Waals surface area contributed by atoms with Crippen LogP contribution in [0.1, 0.15) is 104 Å². The maximum Gasteiger partial charge on any atom is 0.330 e. The smallest absolute Gasteiger partial charge is 0.330 e. The molecule has 0 fully saturated rings. The first-order valence-electron chi connectivity index (χ1n) is 9.52. The summed E-state index contributed by atoms with van der Waals surface area (Å²) in [7, 11) is 0. The van der Waals surface area contributed by atoms with Crippen LogP contribution in [-0.4, -0.2) is 11.1 Å². The largest absolute Gasteiger partial charge is 0.478 e. The number of hydrogen-bond acceptors (Lipinski definition) is 1. The molecule has 0 heterocycles. The number of rotatable bonds is 16. The number of aliphatic carboxylic acids is 1. The number of unbranched alkanes of at least 4 members (excludes halogenated alkanes) is 8. The fraction of sp³-hybridized carbons (Fsp3) is 0.850. The van der Waals surface area contributed by atoms with Crippen molar-refractivity contribution in [3.63, 3.8) is 0 Å². The summed E-state index contributed by atoms with van der Waals surface area (Å²) in [4.78, 5) is 10.8. The summed E-state index contributed by atoms with van der Waals surface area (Å²) in [6, 6.07) is 0. The Kier molecular flexibility index (Phi) is 14.6. The molecule has 0 bridgehead atoms. The zero-order valence-electron chi connectivity index (χ0n) is 15.0. The molecule has 0 aromatic heterocycles. The van der Waals surface area contributed by atoms with E-state index in [-0.39, 0.29) is 0 Å². The van der Waals surface area contributed by atoms with Gasteiger partial charge in [-0.2, -0.15) is 0 Å². The fourth-order valence-corrected chi connectivity index (χ4v) is 2.98. The SMILES string of the molecule is C=C(CCC(CCCC)CCCCCCCCCC)C(=O)O. The summed E-state index contributed by atoms with van der Waals surface area (Å²) < 4.78 is 0. The highest BCUT2D eigenvalue weighted by Gasteiger charge is 2.11. The molecule has 0 aliphatic carbocycles. The van der Waals surface area contributed by atoms with Crippen LogP contribution in [0, 0.1) is 5.92 Å². The van der Waals surface area contributed by atoms with Gasteiger partial charge in [0, 0.05) is 5.57 Å². The van der Waals surface area contributed by atoms with Gasteiger partial charge in [-0.25, -0.2) is 4.79 Å². The van der Waals surface area contributed by atoms with Crippen molar-refractivity contribution in [2.45, 2.75) is 104 Å². The van der Waals surface area contributed by atoms with Gasteiger partial charge >= 0.3 is 5.97 Å². The summed E-state index contributed by atoms with van der Waals surface area (Å²) >= 11 is 0. The molecule has 22 heavy (non-hydrogen) atoms. The lowest BCUT2D eigenvalue weighted by atomic mass is 9.89. The van der Waals surface area contributed by atoms with Crippen molar-refractivity contribution < 1.29 is 9.90 Å². The van der Waals surface area contributed by atoms with Gasteiger partial charge in [-0.3, -0.25) is 0 Å². The molecule has 1 unspecified atom stereocenters. The van der Waals surface area contributed by atoms with E-state index in [1.165, 1.54) is 77.0 Å². The number of carbonyl (C=O) groups is 1. The summed E-state index contributed by atoms with van der Waals surface area (Å²) in [5, 5.41) is 8.91. The Morgan fingerprint density at radius 1 is 0.818 bits per heavy atom. The Labute approximate surface area is 138 Å². The van der Waals surface area contributed by atoms with Crippen LogP contribution in [0.25, 0.3) is 0 Å². The predicted molar refractivity (Wildman–Crippen MR) is 96.3 cm³/mol. The third-order valence-electron chi connectivity index (χ3n) is 4.59. The van der Waals surface area contributed by atoms with Crippen molar-refractivity contribution in [1.29, 1.82) is 0 Å². The molecule has 0 aliphatic rings. The van der Waals surface area contributed by atoms with Crippen LogP contribution in [0.15, 0.2) is 12.2 Å². The van der Waals surface area contributed by atoms with E-state index >= 15 is 0 Å². The molecular formula is C20H38O2. The van der Waals surface area contributed by atoms with Gasteiger partial charge in [0.2, 0.25) is 0 Å². The van der Waals surface area contributed by atoms with Crippen LogP contribution in [0.5, 0.6) is 0 Å². The lowest BCUT2D eigenvalue weighted by Crippen LogP contribution is -2.05. The fourth-order valence-electron chi connectivity index (χ4n) is 2.98. The van der Waals surface area contributed by atoms with E-state index < -0.39 is 5.97 Å². The maximum absolute atomic E-state index is 10.8. The topological polar surface area (TPSA) is 37.3 Å². The predicted octanol–water partition coefficient (Wildman–Crippen LogP) is 6.74. The first-order valence-corrected chi connectivity index (χ1v) is 9.52. The molecule has 2 heteroatoms. The van der Waals surface area contributed by atoms with Crippen molar-refractivity contribution in [2.24, 2.45) is 5.92 Å². The Morgan fingerprint density at radius 3 is 1.86 bits per heavy atom. The van der Waals surface area contributed by atoms with E-state index in [9.17, 15) is 4.79 Å². The molecule has 0 amide bonds. The van der Waals surface area contributed by atoms with Crippen LogP contribution >= 0.6 is 0 Å². The monoisotopic (exact) mass is 310 g/mol. The molecule has 0 rings (SSSR count). The van der Waals surface area contributed by atoms with E-state index in [1.807, 2.05) is 0 Å². The molecule has 0 spiro atoms. The zero-order chi connectivity index (χ0) is 16.6. The Hall–Kier alpha value is -0.790. The molecule has 0 saturated heterocycles. The molecule has 0 aliphatic heterocycles. The molecule has 1 atom stereocenters. The highest BCUT2D eigenvalue weighted by atomic mass is 16.4. The lowest BCUT2D eigenvalue weighted by molar-refractivity contribution is -0.132. The van der Waals surface area contributed by atoms with E-state index in [4.69, 9.17) is 5.11 Å². The minimum atomic E-state index is -0.832. The van der Waals surface area contributed by atoms with Crippen molar-refractivity contribution in [3.8, 4) is 0 Å². The third-order valence-corrected chi connectivity index (χ3v) is 4.59. The van der Waals surface area contributed by atoms with E-state index in [0.29, 0.717) is 17.9 Å². The Morgan fingerprint density at radius 2 is 1.32 bits per heavy atom. The Balaban J connectivity index is 3.75. The lowest BCUT2D eigenvalue weighted by Gasteiger charge is -2.16. The summed E-state index contributed by atoms with van der Waals surface area (Å²) in [5.74, 6) is -0.141. The van der Waals surface area contributed by atoms with Crippen LogP contribution < -0.4 is 0 Å². The first-order chi connectivity index (χ1) is 10.6. The van der Waals surface area contributed by atoms with Crippen molar-refractivity contribution in [1.82, 2.24) is 0 Å². The zero-order valence-corrected chi connectivity index (χ0v) is 15.0. The maximum atomic E-state index is 10.8.